The van der Waals surface area contributed by atoms with Gasteiger partial charge in [0.15, 0.2) is 28.2 Å². The maximum atomic E-state index is 14.5. The van der Waals surface area contributed by atoms with E-state index in [1.54, 1.807) is 30.5 Å². The molecule has 2 atom stereocenters. The molecule has 1 saturated heterocycles. The average molecular weight is 637 g/mol. The second-order valence-corrected chi connectivity index (χ2v) is 13.2. The van der Waals surface area contributed by atoms with Gasteiger partial charge >= 0.3 is 0 Å². The van der Waals surface area contributed by atoms with E-state index in [1.165, 1.54) is 11.3 Å². The van der Waals surface area contributed by atoms with Crippen molar-refractivity contribution in [1.29, 1.82) is 0 Å². The van der Waals surface area contributed by atoms with Crippen LogP contribution in [-0.2, 0) is 27.9 Å². The van der Waals surface area contributed by atoms with E-state index in [-0.39, 0.29) is 19.5 Å². The second-order valence-electron chi connectivity index (χ2n) is 11.3. The quantitative estimate of drug-likeness (QED) is 0.217. The molecule has 2 fully saturated rings. The highest BCUT2D eigenvalue weighted by molar-refractivity contribution is 7.89. The van der Waals surface area contributed by atoms with Crippen LogP contribution in [0.2, 0.25) is 0 Å². The van der Waals surface area contributed by atoms with Gasteiger partial charge in [-0.25, -0.2) is 30.4 Å². The minimum absolute atomic E-state index is 0.0524. The Kier molecular flexibility index (Phi) is 8.20. The molecule has 3 aliphatic rings. The third-order valence-corrected chi connectivity index (χ3v) is 10.6. The van der Waals surface area contributed by atoms with E-state index in [4.69, 9.17) is 0 Å². The van der Waals surface area contributed by atoms with Gasteiger partial charge in [-0.1, -0.05) is 31.4 Å². The molecule has 1 unspecified atom stereocenters. The van der Waals surface area contributed by atoms with Crippen LogP contribution in [0.25, 0.3) is 0 Å². The number of sulfonamides is 1. The minimum atomic E-state index is -5.31. The lowest BCUT2D eigenvalue weighted by molar-refractivity contribution is -0.125. The molecule has 6 rings (SSSR count). The number of aliphatic hydroxyl groups is 1. The van der Waals surface area contributed by atoms with Crippen LogP contribution in [0.5, 0.6) is 0 Å². The topological polar surface area (TPSA) is 103 Å². The molecule has 8 nitrogen and oxygen atoms in total. The molecule has 2 aromatic carbocycles. The summed E-state index contributed by atoms with van der Waals surface area (Å²) >= 11 is 0. The molecule has 14 heteroatoms. The maximum Gasteiger partial charge on any atom is 0.249 e. The largest absolute Gasteiger partial charge is 0.374 e. The molecular weight excluding hydrogens is 607 g/mol. The zero-order valence-corrected chi connectivity index (χ0v) is 24.2. The molecule has 234 valence electrons. The lowest BCUT2D eigenvalue weighted by Crippen LogP contribution is -2.59. The maximum absolute atomic E-state index is 14.5. The molecule has 0 spiro atoms. The monoisotopic (exact) mass is 636 g/mol. The molecular formula is C30H29F5N4O4S. The summed E-state index contributed by atoms with van der Waals surface area (Å²) in [7, 11) is -5.31. The molecule has 1 saturated carbocycles. The van der Waals surface area contributed by atoms with Gasteiger partial charge in [0.25, 0.3) is 0 Å². The average Bonchev–Trinajstić information content (AvgIpc) is 3.37. The van der Waals surface area contributed by atoms with Crippen molar-refractivity contribution in [1.82, 2.24) is 14.6 Å². The first-order valence-electron chi connectivity index (χ1n) is 14.3. The van der Waals surface area contributed by atoms with Crippen molar-refractivity contribution in [3.8, 4) is 0 Å². The summed E-state index contributed by atoms with van der Waals surface area (Å²) in [6, 6.07) is 7.12. The van der Waals surface area contributed by atoms with Crippen LogP contribution < -0.4 is 10.2 Å². The first-order valence-corrected chi connectivity index (χ1v) is 15.8. The summed E-state index contributed by atoms with van der Waals surface area (Å²) in [5.41, 5.74) is 3.24. The molecule has 1 amide bonds. The SMILES string of the molecule is O=C([C@H]1CCN1S(=O)(=O)c1c(F)c(F)c(F)c(F)c1F)N(Cc1ccc(C2CCCCC2)cn1)c1ccc2c(c1)CNC2O. The van der Waals surface area contributed by atoms with Gasteiger partial charge in [-0.15, -0.1) is 0 Å². The molecule has 0 radical (unpaired) electrons. The number of hydrogen-bond donors (Lipinski definition) is 2. The predicted octanol–water partition coefficient (Wildman–Crippen LogP) is 4.92. The lowest BCUT2D eigenvalue weighted by atomic mass is 9.85. The zero-order valence-electron chi connectivity index (χ0n) is 23.4. The fourth-order valence-corrected chi connectivity index (χ4v) is 7.91. The lowest BCUT2D eigenvalue weighted by Gasteiger charge is -2.41. The number of carbonyl (C=O) groups excluding carboxylic acids is 1. The van der Waals surface area contributed by atoms with E-state index >= 15 is 0 Å². The Hall–Kier alpha value is -3.46. The molecule has 1 aliphatic carbocycles. The van der Waals surface area contributed by atoms with E-state index in [2.05, 4.69) is 10.3 Å². The van der Waals surface area contributed by atoms with Gasteiger partial charge in [0.05, 0.1) is 12.2 Å². The number of benzene rings is 2. The Bertz CT molecular complexity index is 1690. The highest BCUT2D eigenvalue weighted by Gasteiger charge is 2.48. The number of aliphatic hydroxyl groups excluding tert-OH is 1. The van der Waals surface area contributed by atoms with Gasteiger partial charge in [0.1, 0.15) is 12.3 Å². The summed E-state index contributed by atoms with van der Waals surface area (Å²) in [5.74, 6) is -12.7. The molecule has 0 bridgehead atoms. The number of pyridine rings is 1. The second kappa shape index (κ2) is 11.8. The molecule has 2 N–H and O–H groups in total. The highest BCUT2D eigenvalue weighted by atomic mass is 32.2. The Morgan fingerprint density at radius 2 is 1.64 bits per heavy atom. The summed E-state index contributed by atoms with van der Waals surface area (Å²) in [6.07, 6.45) is 6.43. The summed E-state index contributed by atoms with van der Waals surface area (Å²) < 4.78 is 97.4. The van der Waals surface area contributed by atoms with Crippen LogP contribution in [0.15, 0.2) is 41.4 Å². The fourth-order valence-electron chi connectivity index (χ4n) is 6.17. The Morgan fingerprint density at radius 1 is 0.955 bits per heavy atom. The van der Waals surface area contributed by atoms with Crippen LogP contribution in [-0.4, -0.2) is 41.3 Å². The molecule has 3 heterocycles. The minimum Gasteiger partial charge on any atom is -0.374 e. The summed E-state index contributed by atoms with van der Waals surface area (Å²) in [5, 5.41) is 13.0. The first kappa shape index (κ1) is 30.6. The number of amides is 1. The normalized spacial score (nSPS) is 20.8. The molecule has 2 aliphatic heterocycles. The van der Waals surface area contributed by atoms with Gasteiger partial charge < -0.3 is 10.0 Å². The standard InChI is InChI=1S/C30H29F5N4O4S/c31-23-24(32)26(34)28(27(35)25(23)33)44(42,43)39-11-10-22(39)30(41)38(20-8-9-21-18(12-20)14-37-29(21)40)15-19-7-6-17(13-36-19)16-4-2-1-3-5-16/h6-9,12-13,16,22,29,37,40H,1-5,10-11,14-15H2/t22-,29?/m1/s1. The van der Waals surface area contributed by atoms with Crippen molar-refractivity contribution in [3.63, 3.8) is 0 Å². The fraction of sp³-hybridized carbons (Fsp3) is 0.400. The molecule has 44 heavy (non-hydrogen) atoms. The van der Waals surface area contributed by atoms with E-state index in [0.717, 1.165) is 31.2 Å². The number of hydrogen-bond acceptors (Lipinski definition) is 6. The molecule has 3 aromatic rings. The highest BCUT2D eigenvalue weighted by Crippen LogP contribution is 2.36. The number of nitrogens with one attached hydrogen (secondary N) is 1. The van der Waals surface area contributed by atoms with Crippen molar-refractivity contribution in [2.24, 2.45) is 0 Å². The Balaban J connectivity index is 1.32. The predicted molar refractivity (Wildman–Crippen MR) is 148 cm³/mol. The van der Waals surface area contributed by atoms with Crippen LogP contribution in [0.1, 0.15) is 73.1 Å². The summed E-state index contributed by atoms with van der Waals surface area (Å²) in [4.78, 5) is 17.8. The van der Waals surface area contributed by atoms with E-state index < -0.39 is 62.2 Å². The van der Waals surface area contributed by atoms with Crippen molar-refractivity contribution in [2.45, 2.75) is 74.7 Å². The number of nitrogens with zero attached hydrogens (tertiary/aromatic N) is 3. The van der Waals surface area contributed by atoms with Gasteiger partial charge in [-0.05, 0) is 60.1 Å². The van der Waals surface area contributed by atoms with Crippen molar-refractivity contribution in [2.75, 3.05) is 11.4 Å². The number of fused-ring (bicyclic) bond motifs is 1. The van der Waals surface area contributed by atoms with E-state index in [0.29, 0.717) is 39.3 Å². The van der Waals surface area contributed by atoms with Crippen molar-refractivity contribution in [3.05, 3.63) is 88.0 Å². The number of rotatable bonds is 7. The Morgan fingerprint density at radius 3 is 2.25 bits per heavy atom. The third-order valence-electron chi connectivity index (χ3n) is 8.72. The Labute approximate surface area is 250 Å². The number of anilines is 1. The van der Waals surface area contributed by atoms with Gasteiger partial charge in [0.2, 0.25) is 21.7 Å². The molecule has 1 aromatic heterocycles. The van der Waals surface area contributed by atoms with Crippen LogP contribution in [0.4, 0.5) is 27.6 Å². The smallest absolute Gasteiger partial charge is 0.249 e. The van der Waals surface area contributed by atoms with Crippen molar-refractivity contribution < 1.29 is 40.3 Å². The number of aromatic nitrogens is 1. The van der Waals surface area contributed by atoms with Crippen LogP contribution in [0.3, 0.4) is 0 Å². The van der Waals surface area contributed by atoms with E-state index in [9.17, 15) is 40.3 Å². The van der Waals surface area contributed by atoms with Crippen molar-refractivity contribution >= 4 is 21.6 Å². The van der Waals surface area contributed by atoms with E-state index in [1.807, 2.05) is 6.07 Å². The van der Waals surface area contributed by atoms with Gasteiger partial charge in [0, 0.05) is 25.0 Å². The number of carbonyl (C=O) groups is 1. The zero-order chi connectivity index (χ0) is 31.3. The third kappa shape index (κ3) is 5.27. The first-order chi connectivity index (χ1) is 21.0. The number of halogens is 5. The summed E-state index contributed by atoms with van der Waals surface area (Å²) in [6.45, 7) is -0.156. The van der Waals surface area contributed by atoms with Gasteiger partial charge in [-0.3, -0.25) is 15.1 Å². The van der Waals surface area contributed by atoms with Gasteiger partial charge in [-0.2, -0.15) is 4.31 Å². The van der Waals surface area contributed by atoms with Crippen LogP contribution >= 0.6 is 0 Å². The van der Waals surface area contributed by atoms with Crippen LogP contribution in [0, 0.1) is 29.1 Å².